The number of ether oxygens (including phenoxy) is 1. The van der Waals surface area contributed by atoms with Gasteiger partial charge < -0.3 is 10.1 Å². The predicted octanol–water partition coefficient (Wildman–Crippen LogP) is 3.29. The first-order chi connectivity index (χ1) is 9.54. The molecule has 0 aliphatic rings. The highest BCUT2D eigenvalue weighted by atomic mass is 19.1. The van der Waals surface area contributed by atoms with E-state index < -0.39 is 17.5 Å². The summed E-state index contributed by atoms with van der Waals surface area (Å²) in [4.78, 5) is 11.6. The van der Waals surface area contributed by atoms with Crippen LogP contribution in [0.15, 0.2) is 42.5 Å². The highest BCUT2D eigenvalue weighted by Crippen LogP contribution is 2.16. The molecule has 20 heavy (non-hydrogen) atoms. The maximum absolute atomic E-state index is 13.3. The number of anilines is 1. The molecule has 3 nitrogen and oxygen atoms in total. The molecule has 0 spiro atoms. The van der Waals surface area contributed by atoms with E-state index in [4.69, 9.17) is 4.74 Å². The summed E-state index contributed by atoms with van der Waals surface area (Å²) < 4.78 is 31.5. The lowest BCUT2D eigenvalue weighted by Crippen LogP contribution is -2.20. The molecule has 1 N–H and O–H groups in total. The zero-order chi connectivity index (χ0) is 14.5. The van der Waals surface area contributed by atoms with Crippen molar-refractivity contribution in [3.8, 4) is 5.75 Å². The first-order valence-electron chi connectivity index (χ1n) is 5.99. The van der Waals surface area contributed by atoms with E-state index in [0.717, 1.165) is 23.8 Å². The SMILES string of the molecule is Cc1cccc(OCC(=O)Nc2cc(F)ccc2F)c1. The summed E-state index contributed by atoms with van der Waals surface area (Å²) in [5, 5.41) is 2.26. The molecule has 2 aromatic rings. The third-order valence-electron chi connectivity index (χ3n) is 2.56. The van der Waals surface area contributed by atoms with E-state index in [-0.39, 0.29) is 12.3 Å². The molecule has 0 heterocycles. The summed E-state index contributed by atoms with van der Waals surface area (Å²) in [6.07, 6.45) is 0. The van der Waals surface area contributed by atoms with Crippen molar-refractivity contribution in [3.05, 3.63) is 59.7 Å². The van der Waals surface area contributed by atoms with Crippen molar-refractivity contribution < 1.29 is 18.3 Å². The average molecular weight is 277 g/mol. The van der Waals surface area contributed by atoms with E-state index in [9.17, 15) is 13.6 Å². The van der Waals surface area contributed by atoms with E-state index >= 15 is 0 Å². The Labute approximate surface area is 115 Å². The molecule has 104 valence electrons. The largest absolute Gasteiger partial charge is 0.484 e. The van der Waals surface area contributed by atoms with Crippen LogP contribution in [0, 0.1) is 18.6 Å². The molecular formula is C15H13F2NO2. The molecule has 0 atom stereocenters. The predicted molar refractivity (Wildman–Crippen MR) is 71.7 cm³/mol. The number of hydrogen-bond acceptors (Lipinski definition) is 2. The minimum atomic E-state index is -0.699. The molecule has 0 aliphatic carbocycles. The molecule has 0 fully saturated rings. The molecule has 0 aromatic heterocycles. The van der Waals surface area contributed by atoms with Crippen LogP contribution in [0.4, 0.5) is 14.5 Å². The quantitative estimate of drug-likeness (QED) is 0.931. The topological polar surface area (TPSA) is 38.3 Å². The summed E-state index contributed by atoms with van der Waals surface area (Å²) in [6.45, 7) is 1.62. The highest BCUT2D eigenvalue weighted by molar-refractivity contribution is 5.91. The van der Waals surface area contributed by atoms with Crippen molar-refractivity contribution in [1.82, 2.24) is 0 Å². The van der Waals surface area contributed by atoms with Gasteiger partial charge in [-0.05, 0) is 36.8 Å². The Balaban J connectivity index is 1.94. The summed E-state index contributed by atoms with van der Waals surface area (Å²) in [6, 6.07) is 10.0. The second-order valence-corrected chi connectivity index (χ2v) is 4.28. The first-order valence-corrected chi connectivity index (χ1v) is 5.99. The fraction of sp³-hybridized carbons (Fsp3) is 0.133. The van der Waals surface area contributed by atoms with E-state index in [1.807, 2.05) is 13.0 Å². The van der Waals surface area contributed by atoms with Crippen LogP contribution >= 0.6 is 0 Å². The van der Waals surface area contributed by atoms with E-state index in [0.29, 0.717) is 5.75 Å². The summed E-state index contributed by atoms with van der Waals surface area (Å²) in [5.74, 6) is -1.34. The van der Waals surface area contributed by atoms with Gasteiger partial charge in [0, 0.05) is 6.07 Å². The molecule has 0 bridgehead atoms. The molecule has 0 saturated heterocycles. The first kappa shape index (κ1) is 14.0. The number of amides is 1. The van der Waals surface area contributed by atoms with Crippen LogP contribution < -0.4 is 10.1 Å². The third-order valence-corrected chi connectivity index (χ3v) is 2.56. The number of carbonyl (C=O) groups excluding carboxylic acids is 1. The monoisotopic (exact) mass is 277 g/mol. The zero-order valence-corrected chi connectivity index (χ0v) is 10.8. The Morgan fingerprint density at radius 2 is 2.00 bits per heavy atom. The number of carbonyl (C=O) groups is 1. The van der Waals surface area contributed by atoms with Gasteiger partial charge in [0.1, 0.15) is 17.4 Å². The molecule has 0 aliphatic heterocycles. The van der Waals surface area contributed by atoms with E-state index in [1.165, 1.54) is 0 Å². The van der Waals surface area contributed by atoms with Crippen molar-refractivity contribution in [3.63, 3.8) is 0 Å². The van der Waals surface area contributed by atoms with Gasteiger partial charge in [-0.1, -0.05) is 12.1 Å². The smallest absolute Gasteiger partial charge is 0.262 e. The van der Waals surface area contributed by atoms with Crippen molar-refractivity contribution in [2.75, 3.05) is 11.9 Å². The van der Waals surface area contributed by atoms with Crippen molar-refractivity contribution in [2.24, 2.45) is 0 Å². The van der Waals surface area contributed by atoms with Gasteiger partial charge in [-0.2, -0.15) is 0 Å². The lowest BCUT2D eigenvalue weighted by Gasteiger charge is -2.08. The number of rotatable bonds is 4. The minimum Gasteiger partial charge on any atom is -0.484 e. The fourth-order valence-corrected chi connectivity index (χ4v) is 1.63. The Morgan fingerprint density at radius 3 is 2.75 bits per heavy atom. The Bertz CT molecular complexity index is 629. The molecule has 1 amide bonds. The maximum atomic E-state index is 13.3. The van der Waals surface area contributed by atoms with E-state index in [1.54, 1.807) is 18.2 Å². The van der Waals surface area contributed by atoms with Crippen LogP contribution in [0.5, 0.6) is 5.75 Å². The molecule has 0 radical (unpaired) electrons. The molecule has 0 saturated carbocycles. The Morgan fingerprint density at radius 1 is 1.20 bits per heavy atom. The number of nitrogens with one attached hydrogen (secondary N) is 1. The fourth-order valence-electron chi connectivity index (χ4n) is 1.63. The van der Waals surface area contributed by atoms with Crippen LogP contribution in [0.25, 0.3) is 0 Å². The summed E-state index contributed by atoms with van der Waals surface area (Å²) in [7, 11) is 0. The zero-order valence-electron chi connectivity index (χ0n) is 10.8. The van der Waals surface area contributed by atoms with Gasteiger partial charge in [-0.3, -0.25) is 4.79 Å². The van der Waals surface area contributed by atoms with Gasteiger partial charge in [-0.25, -0.2) is 8.78 Å². The highest BCUT2D eigenvalue weighted by Gasteiger charge is 2.09. The van der Waals surface area contributed by atoms with Crippen LogP contribution in [-0.2, 0) is 4.79 Å². The van der Waals surface area contributed by atoms with Gasteiger partial charge in [0.2, 0.25) is 0 Å². The lowest BCUT2D eigenvalue weighted by molar-refractivity contribution is -0.118. The van der Waals surface area contributed by atoms with Crippen molar-refractivity contribution >= 4 is 11.6 Å². The van der Waals surface area contributed by atoms with Crippen molar-refractivity contribution in [1.29, 1.82) is 0 Å². The number of benzene rings is 2. The summed E-state index contributed by atoms with van der Waals surface area (Å²) >= 11 is 0. The molecular weight excluding hydrogens is 264 g/mol. The maximum Gasteiger partial charge on any atom is 0.262 e. The number of hydrogen-bond donors (Lipinski definition) is 1. The molecule has 0 unspecified atom stereocenters. The lowest BCUT2D eigenvalue weighted by atomic mass is 10.2. The Hall–Kier alpha value is -2.43. The third kappa shape index (κ3) is 3.78. The standard InChI is InChI=1S/C15H13F2NO2/c1-10-3-2-4-12(7-10)20-9-15(19)18-14-8-11(16)5-6-13(14)17/h2-8H,9H2,1H3,(H,18,19). The summed E-state index contributed by atoms with van der Waals surface area (Å²) in [5.41, 5.74) is 0.793. The molecule has 5 heteroatoms. The van der Waals surface area contributed by atoms with Gasteiger partial charge in [0.25, 0.3) is 5.91 Å². The van der Waals surface area contributed by atoms with Gasteiger partial charge in [0.15, 0.2) is 6.61 Å². The normalized spacial score (nSPS) is 10.2. The van der Waals surface area contributed by atoms with Crippen LogP contribution in [0.1, 0.15) is 5.56 Å². The van der Waals surface area contributed by atoms with Crippen LogP contribution in [0.3, 0.4) is 0 Å². The van der Waals surface area contributed by atoms with Gasteiger partial charge >= 0.3 is 0 Å². The molecule has 2 aromatic carbocycles. The second kappa shape index (κ2) is 6.14. The van der Waals surface area contributed by atoms with Gasteiger partial charge in [0.05, 0.1) is 5.69 Å². The number of aryl methyl sites for hydroxylation is 1. The second-order valence-electron chi connectivity index (χ2n) is 4.28. The van der Waals surface area contributed by atoms with Crippen LogP contribution in [0.2, 0.25) is 0 Å². The van der Waals surface area contributed by atoms with Gasteiger partial charge in [-0.15, -0.1) is 0 Å². The minimum absolute atomic E-state index is 0.206. The van der Waals surface area contributed by atoms with E-state index in [2.05, 4.69) is 5.32 Å². The molecule has 2 rings (SSSR count). The Kier molecular flexibility index (Phi) is 4.30. The number of halogens is 2. The van der Waals surface area contributed by atoms with Crippen molar-refractivity contribution in [2.45, 2.75) is 6.92 Å². The van der Waals surface area contributed by atoms with Crippen LogP contribution in [-0.4, -0.2) is 12.5 Å². The average Bonchev–Trinajstić information content (AvgIpc) is 2.41.